The van der Waals surface area contributed by atoms with Crippen LogP contribution >= 0.6 is 22.9 Å². The first-order valence-corrected chi connectivity index (χ1v) is 14.4. The van der Waals surface area contributed by atoms with Crippen LogP contribution in [0, 0.1) is 0 Å². The molecule has 0 atom stereocenters. The van der Waals surface area contributed by atoms with Crippen molar-refractivity contribution in [2.75, 3.05) is 40.4 Å². The van der Waals surface area contributed by atoms with E-state index in [0.717, 1.165) is 52.7 Å². The van der Waals surface area contributed by atoms with Crippen LogP contribution in [-0.4, -0.2) is 71.9 Å². The molecule has 1 aliphatic heterocycles. The molecule has 10 heteroatoms. The number of amides is 1. The number of rotatable bonds is 7. The van der Waals surface area contributed by atoms with Gasteiger partial charge >= 0.3 is 6.16 Å². The molecule has 38 heavy (non-hydrogen) atoms. The van der Waals surface area contributed by atoms with Gasteiger partial charge < -0.3 is 28.9 Å². The zero-order chi connectivity index (χ0) is 26.8. The lowest BCUT2D eigenvalue weighted by Crippen LogP contribution is -2.42. The molecule has 0 bridgehead atoms. The van der Waals surface area contributed by atoms with Crippen LogP contribution in [0.5, 0.6) is 5.06 Å². The molecule has 1 aromatic carbocycles. The largest absolute Gasteiger partial charge is 0.512 e. The average Bonchev–Trinajstić information content (AvgIpc) is 3.39. The highest BCUT2D eigenvalue weighted by atomic mass is 35.5. The van der Waals surface area contributed by atoms with Gasteiger partial charge in [0, 0.05) is 30.2 Å². The van der Waals surface area contributed by atoms with E-state index in [4.69, 9.17) is 21.1 Å². The molecule has 5 rings (SSSR count). The summed E-state index contributed by atoms with van der Waals surface area (Å²) in [5.41, 5.74) is 4.92. The maximum atomic E-state index is 13.6. The van der Waals surface area contributed by atoms with E-state index >= 15 is 0 Å². The van der Waals surface area contributed by atoms with Crippen LogP contribution in [0.4, 0.5) is 4.79 Å². The summed E-state index contributed by atoms with van der Waals surface area (Å²) in [6.07, 6.45) is 4.31. The standard InChI is InChI=1S/C28H34ClN3O5S/c1-30(2)16-21-25-26(38-27(21)37-28(34)35)23(18-6-4-3-5-7-18)24(19-8-10-20(29)11-9-19)32(25)17-22(33)31-12-14-36-15-13-31/h8-11,18H,3-7,12-17H2,1-2H3,(H,34,35). The molecule has 1 amide bonds. The fraction of sp³-hybridized carbons (Fsp3) is 0.500. The molecular weight excluding hydrogens is 526 g/mol. The van der Waals surface area contributed by atoms with Gasteiger partial charge in [0.2, 0.25) is 5.91 Å². The lowest BCUT2D eigenvalue weighted by atomic mass is 9.83. The minimum Gasteiger partial charge on any atom is -0.449 e. The molecule has 2 aromatic heterocycles. The number of hydrogen-bond acceptors (Lipinski definition) is 6. The second-order valence-corrected chi connectivity index (χ2v) is 11.8. The Labute approximate surface area is 231 Å². The normalized spacial score (nSPS) is 16.9. The molecule has 1 saturated heterocycles. The molecular formula is C28H34ClN3O5S. The topological polar surface area (TPSA) is 84.2 Å². The Kier molecular flexibility index (Phi) is 8.28. The third-order valence-electron chi connectivity index (χ3n) is 7.42. The molecule has 1 N–H and O–H groups in total. The second kappa shape index (κ2) is 11.7. The smallest absolute Gasteiger partial charge is 0.449 e. The Hall–Kier alpha value is -2.59. The summed E-state index contributed by atoms with van der Waals surface area (Å²) < 4.78 is 13.9. The lowest BCUT2D eigenvalue weighted by molar-refractivity contribution is -0.135. The molecule has 0 radical (unpaired) electrons. The number of morpholine rings is 1. The number of aromatic nitrogens is 1. The SMILES string of the molecule is CN(C)Cc1c(OC(=O)O)sc2c(C3CCCCC3)c(-c3ccc(Cl)cc3)n(CC(=O)N3CCOCC3)c12. The van der Waals surface area contributed by atoms with E-state index in [1.54, 1.807) is 0 Å². The predicted octanol–water partition coefficient (Wildman–Crippen LogP) is 6.05. The third-order valence-corrected chi connectivity index (χ3v) is 8.81. The summed E-state index contributed by atoms with van der Waals surface area (Å²) in [4.78, 5) is 29.2. The van der Waals surface area contributed by atoms with Crippen LogP contribution < -0.4 is 4.74 Å². The molecule has 8 nitrogen and oxygen atoms in total. The molecule has 204 valence electrons. The second-order valence-electron chi connectivity index (χ2n) is 10.3. The van der Waals surface area contributed by atoms with Gasteiger partial charge in [0.1, 0.15) is 6.54 Å². The molecule has 1 saturated carbocycles. The van der Waals surface area contributed by atoms with Gasteiger partial charge in [-0.2, -0.15) is 0 Å². The van der Waals surface area contributed by atoms with E-state index < -0.39 is 6.16 Å². The molecule has 3 aromatic rings. The Morgan fingerprint density at radius 3 is 2.45 bits per heavy atom. The van der Waals surface area contributed by atoms with Crippen LogP contribution in [0.3, 0.4) is 0 Å². The number of fused-ring (bicyclic) bond motifs is 1. The van der Waals surface area contributed by atoms with Crippen molar-refractivity contribution in [1.29, 1.82) is 0 Å². The van der Waals surface area contributed by atoms with Gasteiger partial charge in [-0.15, -0.1) is 0 Å². The number of nitrogens with zero attached hydrogens (tertiary/aromatic N) is 3. The number of thiophene rings is 1. The van der Waals surface area contributed by atoms with Crippen LogP contribution in [0.25, 0.3) is 21.5 Å². The van der Waals surface area contributed by atoms with Gasteiger partial charge in [0.05, 0.1) is 29.1 Å². The minimum atomic E-state index is -1.33. The number of carbonyl (C=O) groups is 2. The Balaban J connectivity index is 1.77. The Bertz CT molecular complexity index is 1300. The van der Waals surface area contributed by atoms with Gasteiger partial charge in [-0.3, -0.25) is 4.79 Å². The van der Waals surface area contributed by atoms with Crippen molar-refractivity contribution < 1.29 is 24.2 Å². The molecule has 0 spiro atoms. The van der Waals surface area contributed by atoms with E-state index in [9.17, 15) is 14.7 Å². The minimum absolute atomic E-state index is 0.0262. The summed E-state index contributed by atoms with van der Waals surface area (Å²) in [6.45, 7) is 2.84. The number of halogens is 1. The first-order chi connectivity index (χ1) is 18.3. The summed E-state index contributed by atoms with van der Waals surface area (Å²) in [5, 5.41) is 10.6. The molecule has 0 unspecified atom stereocenters. The summed E-state index contributed by atoms with van der Waals surface area (Å²) in [7, 11) is 3.89. The van der Waals surface area contributed by atoms with E-state index in [1.807, 2.05) is 48.2 Å². The molecule has 3 heterocycles. The van der Waals surface area contributed by atoms with Gasteiger partial charge in [0.25, 0.3) is 0 Å². The Morgan fingerprint density at radius 2 is 1.82 bits per heavy atom. The van der Waals surface area contributed by atoms with Crippen LogP contribution in [0.1, 0.15) is 49.1 Å². The number of carbonyl (C=O) groups excluding carboxylic acids is 1. The number of ether oxygens (including phenoxy) is 2. The number of carboxylic acid groups (broad SMARTS) is 1. The van der Waals surface area contributed by atoms with Crippen molar-refractivity contribution in [3.63, 3.8) is 0 Å². The van der Waals surface area contributed by atoms with Crippen LogP contribution in [-0.2, 0) is 22.6 Å². The fourth-order valence-electron chi connectivity index (χ4n) is 5.78. The molecule has 2 aliphatic rings. The highest BCUT2D eigenvalue weighted by Gasteiger charge is 2.33. The predicted molar refractivity (Wildman–Crippen MR) is 150 cm³/mol. The van der Waals surface area contributed by atoms with Crippen LogP contribution in [0.15, 0.2) is 24.3 Å². The number of benzene rings is 1. The van der Waals surface area contributed by atoms with Gasteiger partial charge in [0.15, 0.2) is 5.06 Å². The van der Waals surface area contributed by atoms with Gasteiger partial charge in [-0.1, -0.05) is 54.3 Å². The van der Waals surface area contributed by atoms with Crippen LogP contribution in [0.2, 0.25) is 5.02 Å². The van der Waals surface area contributed by atoms with Crippen molar-refractivity contribution in [3.8, 4) is 16.3 Å². The van der Waals surface area contributed by atoms with Crippen molar-refractivity contribution in [3.05, 3.63) is 40.4 Å². The number of hydrogen-bond donors (Lipinski definition) is 1. The summed E-state index contributed by atoms with van der Waals surface area (Å²) in [6, 6.07) is 7.81. The highest BCUT2D eigenvalue weighted by molar-refractivity contribution is 7.21. The van der Waals surface area contributed by atoms with E-state index in [0.29, 0.717) is 48.9 Å². The quantitative estimate of drug-likeness (QED) is 0.355. The van der Waals surface area contributed by atoms with E-state index in [1.165, 1.54) is 23.3 Å². The maximum absolute atomic E-state index is 13.6. The summed E-state index contributed by atoms with van der Waals surface area (Å²) >= 11 is 7.66. The third kappa shape index (κ3) is 5.57. The highest BCUT2D eigenvalue weighted by Crippen LogP contribution is 2.50. The van der Waals surface area contributed by atoms with Crippen molar-refractivity contribution in [2.24, 2.45) is 0 Å². The van der Waals surface area contributed by atoms with Crippen molar-refractivity contribution in [2.45, 2.75) is 51.1 Å². The zero-order valence-electron chi connectivity index (χ0n) is 21.9. The van der Waals surface area contributed by atoms with E-state index in [-0.39, 0.29) is 12.5 Å². The molecule has 2 fully saturated rings. The lowest BCUT2D eigenvalue weighted by Gasteiger charge is -2.28. The van der Waals surface area contributed by atoms with Gasteiger partial charge in [-0.05, 0) is 56.1 Å². The Morgan fingerprint density at radius 1 is 1.13 bits per heavy atom. The fourth-order valence-corrected chi connectivity index (χ4v) is 7.19. The van der Waals surface area contributed by atoms with E-state index in [2.05, 4.69) is 4.57 Å². The van der Waals surface area contributed by atoms with Crippen molar-refractivity contribution in [1.82, 2.24) is 14.4 Å². The first kappa shape index (κ1) is 27.0. The van der Waals surface area contributed by atoms with Crippen molar-refractivity contribution >= 4 is 45.2 Å². The molecule has 1 aliphatic carbocycles. The zero-order valence-corrected chi connectivity index (χ0v) is 23.4. The first-order valence-electron chi connectivity index (χ1n) is 13.2. The monoisotopic (exact) mass is 559 g/mol. The maximum Gasteiger partial charge on any atom is 0.512 e. The summed E-state index contributed by atoms with van der Waals surface area (Å²) in [5.74, 6) is 0.346. The van der Waals surface area contributed by atoms with Gasteiger partial charge in [-0.25, -0.2) is 4.79 Å². The average molecular weight is 560 g/mol.